The molecule has 0 saturated heterocycles. The van der Waals surface area contributed by atoms with Crippen LogP contribution >= 0.6 is 15.9 Å². The van der Waals surface area contributed by atoms with E-state index in [1.807, 2.05) is 0 Å². The van der Waals surface area contributed by atoms with Crippen molar-refractivity contribution in [1.29, 1.82) is 0 Å². The lowest BCUT2D eigenvalue weighted by atomic mass is 10.3. The lowest BCUT2D eigenvalue weighted by Gasteiger charge is -2.12. The summed E-state index contributed by atoms with van der Waals surface area (Å²) in [6.45, 7) is 1.57. The first-order chi connectivity index (χ1) is 9.17. The van der Waals surface area contributed by atoms with Gasteiger partial charge in [-0.2, -0.15) is 0 Å². The molecule has 0 bridgehead atoms. The molecular weight excluding hydrogens is 345 g/mol. The maximum atomic E-state index is 12.1. The lowest BCUT2D eigenvalue weighted by molar-refractivity contribution is -0.274. The van der Waals surface area contributed by atoms with Gasteiger partial charge >= 0.3 is 12.3 Å². The zero-order valence-electron chi connectivity index (χ0n) is 10.2. The van der Waals surface area contributed by atoms with E-state index in [0.717, 1.165) is 12.1 Å². The minimum Gasteiger partial charge on any atom is -0.489 e. The third kappa shape index (κ3) is 5.96. The molecule has 0 saturated carbocycles. The van der Waals surface area contributed by atoms with Crippen LogP contribution < -0.4 is 9.47 Å². The van der Waals surface area contributed by atoms with Gasteiger partial charge in [-0.3, -0.25) is 0 Å². The smallest absolute Gasteiger partial charge is 0.489 e. The Labute approximate surface area is 120 Å². The van der Waals surface area contributed by atoms with Crippen molar-refractivity contribution in [2.75, 3.05) is 6.61 Å². The highest BCUT2D eigenvalue weighted by Crippen LogP contribution is 2.33. The molecule has 4 nitrogen and oxygen atoms in total. The van der Waals surface area contributed by atoms with Crippen molar-refractivity contribution in [3.8, 4) is 11.5 Å². The van der Waals surface area contributed by atoms with Gasteiger partial charge in [-0.15, -0.1) is 13.2 Å². The van der Waals surface area contributed by atoms with E-state index in [2.05, 4.69) is 20.7 Å². The van der Waals surface area contributed by atoms with Crippen molar-refractivity contribution in [3.05, 3.63) is 34.3 Å². The Hall–Kier alpha value is -1.70. The van der Waals surface area contributed by atoms with Crippen LogP contribution in [0.3, 0.4) is 0 Å². The highest BCUT2D eigenvalue weighted by Gasteiger charge is 2.31. The van der Waals surface area contributed by atoms with Crippen LogP contribution in [-0.2, 0) is 4.79 Å². The Morgan fingerprint density at radius 3 is 2.60 bits per heavy atom. The van der Waals surface area contributed by atoms with Gasteiger partial charge in [-0.1, -0.05) is 0 Å². The van der Waals surface area contributed by atoms with E-state index < -0.39 is 12.3 Å². The van der Waals surface area contributed by atoms with Crippen LogP contribution in [0.4, 0.5) is 13.2 Å². The maximum Gasteiger partial charge on any atom is 0.573 e. The largest absolute Gasteiger partial charge is 0.573 e. The van der Waals surface area contributed by atoms with Crippen molar-refractivity contribution < 1.29 is 32.5 Å². The van der Waals surface area contributed by atoms with Gasteiger partial charge in [0.2, 0.25) is 0 Å². The number of halogens is 4. The predicted octanol–water partition coefficient (Wildman–Crippen LogP) is 3.76. The van der Waals surface area contributed by atoms with Crippen molar-refractivity contribution in [2.24, 2.45) is 0 Å². The lowest BCUT2D eigenvalue weighted by Crippen LogP contribution is -2.17. The fourth-order valence-electron chi connectivity index (χ4n) is 1.23. The number of rotatable bonds is 5. The van der Waals surface area contributed by atoms with Crippen LogP contribution in [0.25, 0.3) is 0 Å². The molecule has 20 heavy (non-hydrogen) atoms. The summed E-state index contributed by atoms with van der Waals surface area (Å²) in [5.41, 5.74) is 0.462. The van der Waals surface area contributed by atoms with Gasteiger partial charge in [0.1, 0.15) is 18.1 Å². The molecule has 0 amide bonds. The highest BCUT2D eigenvalue weighted by molar-refractivity contribution is 9.10. The van der Waals surface area contributed by atoms with E-state index >= 15 is 0 Å². The average Bonchev–Trinajstić information content (AvgIpc) is 2.27. The summed E-state index contributed by atoms with van der Waals surface area (Å²) in [6.07, 6.45) is -3.79. The normalized spacial score (nSPS) is 12.2. The number of aliphatic carboxylic acids is 1. The quantitative estimate of drug-likeness (QED) is 0.818. The topological polar surface area (TPSA) is 55.8 Å². The van der Waals surface area contributed by atoms with Gasteiger partial charge < -0.3 is 14.6 Å². The summed E-state index contributed by atoms with van der Waals surface area (Å²) in [4.78, 5) is 10.4. The van der Waals surface area contributed by atoms with E-state index in [-0.39, 0.29) is 22.6 Å². The van der Waals surface area contributed by atoms with Gasteiger partial charge in [0.05, 0.1) is 4.47 Å². The minimum absolute atomic E-state index is 0.0121. The van der Waals surface area contributed by atoms with Crippen LogP contribution in [0, 0.1) is 0 Å². The van der Waals surface area contributed by atoms with E-state index in [0.29, 0.717) is 5.57 Å². The zero-order chi connectivity index (χ0) is 15.3. The van der Waals surface area contributed by atoms with Crippen LogP contribution in [0.5, 0.6) is 11.5 Å². The molecule has 0 aromatic heterocycles. The molecule has 0 aliphatic carbocycles. The second-order valence-corrected chi connectivity index (χ2v) is 4.61. The molecule has 8 heteroatoms. The van der Waals surface area contributed by atoms with Crippen molar-refractivity contribution in [1.82, 2.24) is 0 Å². The fraction of sp³-hybridized carbons (Fsp3) is 0.250. The van der Waals surface area contributed by atoms with Crippen LogP contribution in [0.1, 0.15) is 6.92 Å². The Morgan fingerprint density at radius 1 is 1.45 bits per heavy atom. The first-order valence-electron chi connectivity index (χ1n) is 5.25. The number of benzene rings is 1. The molecule has 0 unspecified atom stereocenters. The minimum atomic E-state index is -4.77. The second kappa shape index (κ2) is 6.65. The highest BCUT2D eigenvalue weighted by atomic mass is 79.9. The monoisotopic (exact) mass is 354 g/mol. The number of alkyl halides is 3. The van der Waals surface area contributed by atoms with Gasteiger partial charge in [-0.25, -0.2) is 4.79 Å². The van der Waals surface area contributed by atoms with Crippen molar-refractivity contribution in [2.45, 2.75) is 13.3 Å². The van der Waals surface area contributed by atoms with Crippen LogP contribution in [0.15, 0.2) is 34.3 Å². The molecule has 0 heterocycles. The van der Waals surface area contributed by atoms with Crippen LogP contribution in [0.2, 0.25) is 0 Å². The molecule has 0 atom stereocenters. The number of hydrogen-bond acceptors (Lipinski definition) is 3. The number of carbonyl (C=O) groups is 1. The van der Waals surface area contributed by atoms with E-state index in [4.69, 9.17) is 9.84 Å². The van der Waals surface area contributed by atoms with Crippen molar-refractivity contribution in [3.63, 3.8) is 0 Å². The van der Waals surface area contributed by atoms with Gasteiger partial charge in [0.15, 0.2) is 0 Å². The summed E-state index contributed by atoms with van der Waals surface area (Å²) in [7, 11) is 0. The zero-order valence-corrected chi connectivity index (χ0v) is 11.8. The first kappa shape index (κ1) is 16.4. The summed E-state index contributed by atoms with van der Waals surface area (Å²) in [5.74, 6) is -1.20. The standard InChI is InChI=1S/C12H10BrF3O4/c1-7(4-11(17)18)6-19-8-2-3-10(9(13)5-8)20-12(14,15)16/h2-5H,6H2,1H3,(H,17,18)/b7-4-. The number of carboxylic acid groups (broad SMARTS) is 1. The van der Waals surface area contributed by atoms with Gasteiger partial charge in [0, 0.05) is 6.08 Å². The fourth-order valence-corrected chi connectivity index (χ4v) is 1.67. The Bertz CT molecular complexity index is 526. The third-order valence-corrected chi connectivity index (χ3v) is 2.59. The molecule has 0 spiro atoms. The van der Waals surface area contributed by atoms with Gasteiger partial charge in [0.25, 0.3) is 0 Å². The molecular formula is C12H10BrF3O4. The molecule has 0 aliphatic heterocycles. The number of carboxylic acids is 1. The van der Waals surface area contributed by atoms with E-state index in [1.165, 1.54) is 12.1 Å². The Kier molecular flexibility index (Phi) is 5.43. The second-order valence-electron chi connectivity index (χ2n) is 3.76. The first-order valence-corrected chi connectivity index (χ1v) is 6.05. The molecule has 1 aromatic carbocycles. The third-order valence-electron chi connectivity index (χ3n) is 1.97. The molecule has 1 aromatic rings. The molecule has 0 fully saturated rings. The SMILES string of the molecule is C/C(=C/C(=O)O)COc1ccc(OC(F)(F)F)c(Br)c1. The average molecular weight is 355 g/mol. The predicted molar refractivity (Wildman–Crippen MR) is 67.7 cm³/mol. The molecule has 0 radical (unpaired) electrons. The summed E-state index contributed by atoms with van der Waals surface area (Å²) in [5, 5.41) is 8.51. The van der Waals surface area contributed by atoms with E-state index in [1.54, 1.807) is 6.92 Å². The number of hydrogen-bond donors (Lipinski definition) is 1. The Balaban J connectivity index is 2.71. The molecule has 110 valence electrons. The summed E-state index contributed by atoms with van der Waals surface area (Å²) in [6, 6.07) is 3.69. The molecule has 0 aliphatic rings. The molecule has 1 rings (SSSR count). The van der Waals surface area contributed by atoms with Crippen LogP contribution in [-0.4, -0.2) is 24.0 Å². The maximum absolute atomic E-state index is 12.1. The number of ether oxygens (including phenoxy) is 2. The molecule has 1 N–H and O–H groups in total. The van der Waals surface area contributed by atoms with Gasteiger partial charge in [-0.05, 0) is 46.6 Å². The van der Waals surface area contributed by atoms with E-state index in [9.17, 15) is 18.0 Å². The summed E-state index contributed by atoms with van der Waals surface area (Å²) >= 11 is 2.93. The summed E-state index contributed by atoms with van der Waals surface area (Å²) < 4.78 is 45.3. The van der Waals surface area contributed by atoms with Crippen molar-refractivity contribution >= 4 is 21.9 Å². The Morgan fingerprint density at radius 2 is 2.10 bits per heavy atom.